The van der Waals surface area contributed by atoms with Crippen LogP contribution in [-0.4, -0.2) is 43.6 Å². The Bertz CT molecular complexity index is 1170. The molecule has 3 aromatic heterocycles. The number of hydrogen-bond donors (Lipinski definition) is 3. The molecule has 3 aliphatic rings. The Kier molecular flexibility index (Phi) is 5.68. The predicted molar refractivity (Wildman–Crippen MR) is 133 cm³/mol. The van der Waals surface area contributed by atoms with Crippen molar-refractivity contribution in [3.05, 3.63) is 34.6 Å². The van der Waals surface area contributed by atoms with Gasteiger partial charge in [-0.2, -0.15) is 10.1 Å². The van der Waals surface area contributed by atoms with Crippen molar-refractivity contribution < 1.29 is 4.79 Å². The van der Waals surface area contributed by atoms with E-state index in [0.717, 1.165) is 49.6 Å². The highest BCUT2D eigenvalue weighted by Gasteiger charge is 2.35. The van der Waals surface area contributed by atoms with Crippen molar-refractivity contribution in [1.82, 2.24) is 25.1 Å². The zero-order valence-electron chi connectivity index (χ0n) is 19.4. The summed E-state index contributed by atoms with van der Waals surface area (Å²) in [6.07, 6.45) is 10.4. The van der Waals surface area contributed by atoms with Crippen LogP contribution in [0.1, 0.15) is 80.7 Å². The molecule has 0 bridgehead atoms. The lowest BCUT2D eigenvalue weighted by Gasteiger charge is -2.25. The second-order valence-corrected chi connectivity index (χ2v) is 10.6. The highest BCUT2D eigenvalue weighted by Crippen LogP contribution is 2.40. The van der Waals surface area contributed by atoms with Crippen LogP contribution in [0.5, 0.6) is 0 Å². The monoisotopic (exact) mass is 478 g/mol. The number of thiazole rings is 1. The summed E-state index contributed by atoms with van der Waals surface area (Å²) in [7, 11) is 0. The smallest absolute Gasteiger partial charge is 0.248 e. The van der Waals surface area contributed by atoms with Crippen molar-refractivity contribution in [3.63, 3.8) is 0 Å². The topological polar surface area (TPSA) is 112 Å². The van der Waals surface area contributed by atoms with E-state index >= 15 is 0 Å². The molecular weight excluding hydrogens is 448 g/mol. The van der Waals surface area contributed by atoms with Crippen LogP contribution in [0.4, 0.5) is 22.7 Å². The Morgan fingerprint density at radius 3 is 2.88 bits per heavy atom. The lowest BCUT2D eigenvalue weighted by Crippen LogP contribution is -2.40. The van der Waals surface area contributed by atoms with Gasteiger partial charge in [0.05, 0.1) is 5.69 Å². The van der Waals surface area contributed by atoms with Crippen LogP contribution in [0, 0.1) is 0 Å². The van der Waals surface area contributed by atoms with Crippen LogP contribution in [0.3, 0.4) is 0 Å². The Hall–Kier alpha value is -3.01. The van der Waals surface area contributed by atoms with E-state index in [2.05, 4.69) is 38.8 Å². The number of hydrogen-bond acceptors (Lipinski definition) is 8. The van der Waals surface area contributed by atoms with Gasteiger partial charge in [0, 0.05) is 41.4 Å². The summed E-state index contributed by atoms with van der Waals surface area (Å²) >= 11 is 1.43. The Morgan fingerprint density at radius 2 is 2.06 bits per heavy atom. The van der Waals surface area contributed by atoms with Gasteiger partial charge in [0.25, 0.3) is 0 Å². The summed E-state index contributed by atoms with van der Waals surface area (Å²) in [5.41, 5.74) is 3.46. The minimum Gasteiger partial charge on any atom is -0.329 e. The molecule has 10 heteroatoms. The number of fused-ring (bicyclic) bond motifs is 1. The fraction of sp³-hybridized carbons (Fsp3) is 0.542. The number of amides is 1. The number of carbonyl (C=O) groups excluding carboxylic acids is 1. The first-order valence-electron chi connectivity index (χ1n) is 12.4. The minimum atomic E-state index is -0.298. The van der Waals surface area contributed by atoms with Gasteiger partial charge in [-0.1, -0.05) is 19.8 Å². The van der Waals surface area contributed by atoms with E-state index < -0.39 is 0 Å². The van der Waals surface area contributed by atoms with E-state index in [1.165, 1.54) is 48.3 Å². The van der Waals surface area contributed by atoms with Gasteiger partial charge in [-0.05, 0) is 44.4 Å². The molecule has 1 saturated carbocycles. The highest BCUT2D eigenvalue weighted by molar-refractivity contribution is 7.13. The van der Waals surface area contributed by atoms with Crippen LogP contribution in [-0.2, 0) is 11.2 Å². The molecule has 3 aromatic rings. The third kappa shape index (κ3) is 4.04. The third-order valence-electron chi connectivity index (χ3n) is 7.43. The fourth-order valence-corrected chi connectivity index (χ4v) is 6.18. The summed E-state index contributed by atoms with van der Waals surface area (Å²) < 4.78 is 0. The molecule has 34 heavy (non-hydrogen) atoms. The Morgan fingerprint density at radius 1 is 1.18 bits per heavy atom. The van der Waals surface area contributed by atoms with Crippen molar-refractivity contribution in [3.8, 4) is 0 Å². The number of nitrogens with one attached hydrogen (secondary N) is 3. The van der Waals surface area contributed by atoms with Gasteiger partial charge in [-0.15, -0.1) is 11.3 Å². The van der Waals surface area contributed by atoms with E-state index in [-0.39, 0.29) is 11.9 Å². The summed E-state index contributed by atoms with van der Waals surface area (Å²) in [5.74, 6) is 3.16. The number of carbonyl (C=O) groups is 1. The van der Waals surface area contributed by atoms with Crippen LogP contribution in [0.25, 0.3) is 0 Å². The molecule has 3 N–H and O–H groups in total. The lowest BCUT2D eigenvalue weighted by molar-refractivity contribution is -0.117. The molecule has 2 aliphatic carbocycles. The van der Waals surface area contributed by atoms with Crippen molar-refractivity contribution in [1.29, 1.82) is 0 Å². The second kappa shape index (κ2) is 8.98. The quantitative estimate of drug-likeness (QED) is 0.470. The van der Waals surface area contributed by atoms with Crippen molar-refractivity contribution in [2.24, 2.45) is 0 Å². The summed E-state index contributed by atoms with van der Waals surface area (Å²) in [4.78, 5) is 29.2. The van der Waals surface area contributed by atoms with E-state index in [1.807, 2.05) is 10.3 Å². The molecule has 1 aliphatic heterocycles. The van der Waals surface area contributed by atoms with Gasteiger partial charge >= 0.3 is 0 Å². The maximum Gasteiger partial charge on any atom is 0.248 e. The van der Waals surface area contributed by atoms with E-state index in [0.29, 0.717) is 22.9 Å². The molecule has 6 rings (SSSR count). The SMILES string of the molecule is C[C@H]1CCc2nc(N3CCC[C@@H]3C(=O)Nc3nccs3)nc(Nc3cc(C4CCCC4)[nH]n3)c21. The lowest BCUT2D eigenvalue weighted by atomic mass is 10.0. The average molecular weight is 479 g/mol. The van der Waals surface area contributed by atoms with E-state index in [9.17, 15) is 4.79 Å². The largest absolute Gasteiger partial charge is 0.329 e. The summed E-state index contributed by atoms with van der Waals surface area (Å²) in [6, 6.07) is 1.83. The molecule has 0 spiro atoms. The number of aromatic amines is 1. The van der Waals surface area contributed by atoms with Gasteiger partial charge in [0.1, 0.15) is 11.9 Å². The molecular formula is C24H30N8OS. The summed E-state index contributed by atoms with van der Waals surface area (Å²) in [6.45, 7) is 2.99. The minimum absolute atomic E-state index is 0.0482. The number of H-pyrrole nitrogens is 1. The predicted octanol–water partition coefficient (Wildman–Crippen LogP) is 4.71. The molecule has 2 atom stereocenters. The molecule has 0 radical (unpaired) electrons. The first-order valence-corrected chi connectivity index (χ1v) is 13.2. The highest BCUT2D eigenvalue weighted by atomic mass is 32.1. The zero-order chi connectivity index (χ0) is 23.1. The maximum atomic E-state index is 13.0. The van der Waals surface area contributed by atoms with E-state index in [1.54, 1.807) is 6.20 Å². The molecule has 1 saturated heterocycles. The first kappa shape index (κ1) is 21.5. The van der Waals surface area contributed by atoms with Crippen LogP contribution in [0.2, 0.25) is 0 Å². The average Bonchev–Trinajstić information content (AvgIpc) is 3.65. The Balaban J connectivity index is 1.28. The van der Waals surface area contributed by atoms with Crippen molar-refractivity contribution in [2.45, 2.75) is 76.2 Å². The molecule has 9 nitrogen and oxygen atoms in total. The molecule has 178 valence electrons. The van der Waals surface area contributed by atoms with Gasteiger partial charge in [0.15, 0.2) is 10.9 Å². The molecule has 0 unspecified atom stereocenters. The van der Waals surface area contributed by atoms with E-state index in [4.69, 9.17) is 9.97 Å². The second-order valence-electron chi connectivity index (χ2n) is 9.67. The molecule has 0 aromatic carbocycles. The zero-order valence-corrected chi connectivity index (χ0v) is 20.2. The first-order chi connectivity index (χ1) is 16.7. The number of aryl methyl sites for hydroxylation is 1. The number of nitrogens with zero attached hydrogens (tertiary/aromatic N) is 5. The van der Waals surface area contributed by atoms with Gasteiger partial charge in [0.2, 0.25) is 11.9 Å². The number of anilines is 4. The number of aromatic nitrogens is 5. The van der Waals surface area contributed by atoms with Crippen molar-refractivity contribution >= 4 is 40.0 Å². The van der Waals surface area contributed by atoms with Gasteiger partial charge in [-0.25, -0.2) is 9.97 Å². The van der Waals surface area contributed by atoms with Crippen molar-refractivity contribution in [2.75, 3.05) is 22.1 Å². The van der Waals surface area contributed by atoms with Gasteiger partial charge in [-0.3, -0.25) is 9.89 Å². The number of rotatable bonds is 6. The molecule has 4 heterocycles. The Labute approximate surface area is 202 Å². The van der Waals surface area contributed by atoms with Crippen LogP contribution in [0.15, 0.2) is 17.6 Å². The van der Waals surface area contributed by atoms with Crippen LogP contribution < -0.4 is 15.5 Å². The third-order valence-corrected chi connectivity index (χ3v) is 8.12. The summed E-state index contributed by atoms with van der Waals surface area (Å²) in [5, 5.41) is 16.7. The maximum absolute atomic E-state index is 13.0. The van der Waals surface area contributed by atoms with Gasteiger partial charge < -0.3 is 15.5 Å². The fourth-order valence-electron chi connectivity index (χ4n) is 5.65. The molecule has 1 amide bonds. The molecule has 2 fully saturated rings. The van der Waals surface area contributed by atoms with Crippen LogP contribution >= 0.6 is 11.3 Å². The normalized spacial score (nSPS) is 22.3. The standard InChI is InChI=1S/C24H30N8OS/c1-14-8-9-16-20(14)21(27-19-13-17(30-31-19)15-5-2-3-6-15)28-23(26-16)32-11-4-7-18(32)22(33)29-24-25-10-12-34-24/h10,12-15,18H,2-9,11H2,1H3,(H,25,29,33)(H2,26,27,28,30,31)/t14-,18+/m0/s1.